The second-order valence-electron chi connectivity index (χ2n) is 2.85. The first-order chi connectivity index (χ1) is 4.88. The molecule has 0 heterocycles. The van der Waals surface area contributed by atoms with E-state index < -0.39 is 10.8 Å². The van der Waals surface area contributed by atoms with Crippen LogP contribution in [0.5, 0.6) is 0 Å². The Labute approximate surface area is 72.2 Å². The Balaban J connectivity index is 3.97. The second kappa shape index (κ2) is 3.77. The van der Waals surface area contributed by atoms with E-state index in [0.29, 0.717) is 0 Å². The maximum Gasteiger partial charge on any atom is 0.330 e. The number of rotatable bonds is 3. The van der Waals surface area contributed by atoms with Crippen LogP contribution in [0.25, 0.3) is 0 Å². The fourth-order valence-corrected chi connectivity index (χ4v) is 0.407. The van der Waals surface area contributed by atoms with Gasteiger partial charge in [0.1, 0.15) is 6.10 Å². The van der Waals surface area contributed by atoms with E-state index in [4.69, 9.17) is 16.3 Å². The molecule has 0 aliphatic rings. The number of esters is 1. The van der Waals surface area contributed by atoms with Crippen molar-refractivity contribution in [1.82, 2.24) is 0 Å². The molecule has 64 valence electrons. The molecule has 11 heavy (non-hydrogen) atoms. The molecular formula is C8H13ClO2. The van der Waals surface area contributed by atoms with Crippen molar-refractivity contribution in [2.45, 2.75) is 31.7 Å². The normalized spacial score (nSPS) is 13.8. The minimum atomic E-state index is -0.529. The zero-order valence-electron chi connectivity index (χ0n) is 7.06. The van der Waals surface area contributed by atoms with Crippen LogP contribution in [-0.2, 0) is 9.53 Å². The predicted molar refractivity (Wildman–Crippen MR) is 45.7 cm³/mol. The Kier molecular flexibility index (Phi) is 3.59. The molecule has 0 bridgehead atoms. The lowest BCUT2D eigenvalue weighted by Gasteiger charge is -2.23. The third-order valence-corrected chi connectivity index (χ3v) is 1.73. The van der Waals surface area contributed by atoms with Crippen LogP contribution in [0.2, 0.25) is 0 Å². The third kappa shape index (κ3) is 4.04. The highest BCUT2D eigenvalue weighted by Crippen LogP contribution is 2.20. The fraction of sp³-hybridized carbons (Fsp3) is 0.625. The molecule has 0 radical (unpaired) electrons. The summed E-state index contributed by atoms with van der Waals surface area (Å²) in [6, 6.07) is 0. The van der Waals surface area contributed by atoms with Gasteiger partial charge in [-0.3, -0.25) is 0 Å². The average Bonchev–Trinajstić information content (AvgIpc) is 1.85. The molecule has 0 N–H and O–H groups in total. The maximum atomic E-state index is 10.7. The van der Waals surface area contributed by atoms with Crippen LogP contribution in [0.3, 0.4) is 0 Å². The van der Waals surface area contributed by atoms with Crippen LogP contribution in [-0.4, -0.2) is 16.9 Å². The van der Waals surface area contributed by atoms with Crippen LogP contribution in [0, 0.1) is 0 Å². The van der Waals surface area contributed by atoms with Gasteiger partial charge in [-0.25, -0.2) is 4.79 Å². The highest BCUT2D eigenvalue weighted by Gasteiger charge is 2.25. The molecule has 0 aliphatic heterocycles. The van der Waals surface area contributed by atoms with Gasteiger partial charge in [0.05, 0.1) is 4.87 Å². The van der Waals surface area contributed by atoms with Crippen LogP contribution in [0.1, 0.15) is 20.8 Å². The first-order valence-electron chi connectivity index (χ1n) is 3.40. The van der Waals surface area contributed by atoms with Crippen LogP contribution < -0.4 is 0 Å². The molecule has 0 aromatic rings. The largest absolute Gasteiger partial charge is 0.458 e. The topological polar surface area (TPSA) is 26.3 Å². The van der Waals surface area contributed by atoms with E-state index in [1.165, 1.54) is 0 Å². The highest BCUT2D eigenvalue weighted by molar-refractivity contribution is 6.23. The molecule has 1 atom stereocenters. The van der Waals surface area contributed by atoms with E-state index in [1.807, 2.05) is 0 Å². The van der Waals surface area contributed by atoms with Crippen molar-refractivity contribution in [1.29, 1.82) is 0 Å². The first kappa shape index (κ1) is 10.5. The van der Waals surface area contributed by atoms with Gasteiger partial charge in [0.25, 0.3) is 0 Å². The van der Waals surface area contributed by atoms with Gasteiger partial charge in [0.15, 0.2) is 0 Å². The van der Waals surface area contributed by atoms with E-state index in [2.05, 4.69) is 6.58 Å². The van der Waals surface area contributed by atoms with Crippen molar-refractivity contribution in [2.24, 2.45) is 0 Å². The standard InChI is InChI=1S/C8H13ClO2/c1-5-7(10)11-6(2)8(3,4)9/h5-6H,1H2,2-4H3. The summed E-state index contributed by atoms with van der Waals surface area (Å²) in [6.07, 6.45) is 0.814. The summed E-state index contributed by atoms with van der Waals surface area (Å²) in [4.78, 5) is 10.1. The second-order valence-corrected chi connectivity index (χ2v) is 3.82. The zero-order chi connectivity index (χ0) is 9.07. The molecule has 0 aromatic heterocycles. The summed E-state index contributed by atoms with van der Waals surface area (Å²) in [6.45, 7) is 8.60. The van der Waals surface area contributed by atoms with Gasteiger partial charge in [0.2, 0.25) is 0 Å². The van der Waals surface area contributed by atoms with Crippen LogP contribution >= 0.6 is 11.6 Å². The molecule has 0 aliphatic carbocycles. The predicted octanol–water partition coefficient (Wildman–Crippen LogP) is 2.12. The van der Waals surface area contributed by atoms with E-state index >= 15 is 0 Å². The lowest BCUT2D eigenvalue weighted by Crippen LogP contribution is -2.31. The average molecular weight is 177 g/mol. The molecule has 3 heteroatoms. The number of hydrogen-bond acceptors (Lipinski definition) is 2. The monoisotopic (exact) mass is 176 g/mol. The van der Waals surface area contributed by atoms with Gasteiger partial charge in [-0.1, -0.05) is 6.58 Å². The van der Waals surface area contributed by atoms with Crippen molar-refractivity contribution < 1.29 is 9.53 Å². The molecule has 0 fully saturated rings. The van der Waals surface area contributed by atoms with Gasteiger partial charge >= 0.3 is 5.97 Å². The first-order valence-corrected chi connectivity index (χ1v) is 3.77. The van der Waals surface area contributed by atoms with Crippen LogP contribution in [0.15, 0.2) is 12.7 Å². The van der Waals surface area contributed by atoms with E-state index in [1.54, 1.807) is 20.8 Å². The molecule has 0 saturated carbocycles. The summed E-state index contributed by atoms with van der Waals surface area (Å²) < 4.78 is 4.88. The number of alkyl halides is 1. The van der Waals surface area contributed by atoms with Gasteiger partial charge in [-0.2, -0.15) is 0 Å². The van der Waals surface area contributed by atoms with Gasteiger partial charge in [-0.05, 0) is 20.8 Å². The van der Waals surface area contributed by atoms with Crippen LogP contribution in [0.4, 0.5) is 0 Å². The van der Waals surface area contributed by atoms with Gasteiger partial charge < -0.3 is 4.74 Å². The summed E-state index contributed by atoms with van der Waals surface area (Å²) in [5, 5.41) is 0. The molecule has 0 rings (SSSR count). The summed E-state index contributed by atoms with van der Waals surface area (Å²) in [5.74, 6) is -0.439. The van der Waals surface area contributed by atoms with E-state index in [-0.39, 0.29) is 6.10 Å². The Morgan fingerprint density at radius 1 is 1.73 bits per heavy atom. The van der Waals surface area contributed by atoms with Gasteiger partial charge in [0, 0.05) is 6.08 Å². The summed E-state index contributed by atoms with van der Waals surface area (Å²) >= 11 is 5.87. The van der Waals surface area contributed by atoms with Crippen molar-refractivity contribution in [3.05, 3.63) is 12.7 Å². The lowest BCUT2D eigenvalue weighted by atomic mass is 10.1. The summed E-state index contributed by atoms with van der Waals surface area (Å²) in [5.41, 5.74) is 0. The third-order valence-electron chi connectivity index (χ3n) is 1.43. The smallest absolute Gasteiger partial charge is 0.330 e. The molecule has 1 unspecified atom stereocenters. The number of carbonyl (C=O) groups excluding carboxylic acids is 1. The molecule has 0 aromatic carbocycles. The van der Waals surface area contributed by atoms with Crippen molar-refractivity contribution in [2.75, 3.05) is 0 Å². The molecule has 2 nitrogen and oxygen atoms in total. The number of ether oxygens (including phenoxy) is 1. The number of halogens is 1. The van der Waals surface area contributed by atoms with Crippen molar-refractivity contribution in [3.8, 4) is 0 Å². The molecule has 0 saturated heterocycles. The lowest BCUT2D eigenvalue weighted by molar-refractivity contribution is -0.143. The minimum absolute atomic E-state index is 0.310. The Bertz CT molecular complexity index is 158. The molecular weight excluding hydrogens is 164 g/mol. The fourth-order valence-electron chi connectivity index (χ4n) is 0.362. The number of carbonyl (C=O) groups is 1. The minimum Gasteiger partial charge on any atom is -0.458 e. The zero-order valence-corrected chi connectivity index (χ0v) is 7.81. The molecule has 0 amide bonds. The Morgan fingerprint density at radius 3 is 2.45 bits per heavy atom. The highest BCUT2D eigenvalue weighted by atomic mass is 35.5. The van der Waals surface area contributed by atoms with E-state index in [9.17, 15) is 4.79 Å². The Hall–Kier alpha value is -0.500. The van der Waals surface area contributed by atoms with Gasteiger partial charge in [-0.15, -0.1) is 11.6 Å². The maximum absolute atomic E-state index is 10.7. The SMILES string of the molecule is C=CC(=O)OC(C)C(C)(C)Cl. The molecule has 0 spiro atoms. The Morgan fingerprint density at radius 2 is 2.18 bits per heavy atom. The quantitative estimate of drug-likeness (QED) is 0.374. The van der Waals surface area contributed by atoms with Crippen molar-refractivity contribution >= 4 is 17.6 Å². The van der Waals surface area contributed by atoms with E-state index in [0.717, 1.165) is 6.08 Å². The number of hydrogen-bond donors (Lipinski definition) is 0. The summed E-state index contributed by atoms with van der Waals surface area (Å²) in [7, 11) is 0. The van der Waals surface area contributed by atoms with Crippen molar-refractivity contribution in [3.63, 3.8) is 0 Å².